The lowest BCUT2D eigenvalue weighted by Crippen LogP contribution is -2.20. The van der Waals surface area contributed by atoms with Crippen LogP contribution in [0.25, 0.3) is 0 Å². The highest BCUT2D eigenvalue weighted by Gasteiger charge is 2.22. The van der Waals surface area contributed by atoms with Crippen molar-refractivity contribution in [3.63, 3.8) is 0 Å². The third kappa shape index (κ3) is 3.43. The lowest BCUT2D eigenvalue weighted by molar-refractivity contribution is 0.401. The zero-order valence-corrected chi connectivity index (χ0v) is 16.4. The predicted octanol–water partition coefficient (Wildman–Crippen LogP) is 4.99. The summed E-state index contributed by atoms with van der Waals surface area (Å²) in [5.41, 5.74) is 4.77. The van der Waals surface area contributed by atoms with E-state index in [4.69, 9.17) is 4.74 Å². The van der Waals surface area contributed by atoms with Crippen LogP contribution >= 0.6 is 38.5 Å². The standard InChI is InChI=1S/C17H19BrINO/c1-10-8-14(18)11(2)15(17(10)21-4)16(20-3)12-6-5-7-13(19)9-12/h5-9,16,20H,1-4H3. The second kappa shape index (κ2) is 7.11. The molecule has 1 unspecified atom stereocenters. The van der Waals surface area contributed by atoms with Gasteiger partial charge >= 0.3 is 0 Å². The SMILES string of the molecule is CNC(c1cccc(I)c1)c1c(C)c(Br)cc(C)c1OC. The number of hydrogen-bond donors (Lipinski definition) is 1. The number of rotatable bonds is 4. The smallest absolute Gasteiger partial charge is 0.127 e. The molecule has 0 fully saturated rings. The van der Waals surface area contributed by atoms with Crippen molar-refractivity contribution >= 4 is 38.5 Å². The molecule has 0 aliphatic carbocycles. The summed E-state index contributed by atoms with van der Waals surface area (Å²) in [6.45, 7) is 4.20. The molecule has 2 nitrogen and oxygen atoms in total. The Hall–Kier alpha value is -0.590. The molecule has 4 heteroatoms. The zero-order chi connectivity index (χ0) is 15.6. The van der Waals surface area contributed by atoms with Crippen LogP contribution in [0.1, 0.15) is 28.3 Å². The van der Waals surface area contributed by atoms with Crippen LogP contribution < -0.4 is 10.1 Å². The van der Waals surface area contributed by atoms with Gasteiger partial charge in [-0.3, -0.25) is 0 Å². The molecular weight excluding hydrogens is 441 g/mol. The van der Waals surface area contributed by atoms with E-state index < -0.39 is 0 Å². The molecule has 112 valence electrons. The van der Waals surface area contributed by atoms with Gasteiger partial charge in [0.1, 0.15) is 5.75 Å². The summed E-state index contributed by atoms with van der Waals surface area (Å²) in [5, 5.41) is 3.43. The Labute approximate surface area is 148 Å². The minimum Gasteiger partial charge on any atom is -0.496 e. The normalized spacial score (nSPS) is 12.3. The Balaban J connectivity index is 2.67. The number of aryl methyl sites for hydroxylation is 1. The van der Waals surface area contributed by atoms with Gasteiger partial charge in [0, 0.05) is 13.6 Å². The average Bonchev–Trinajstić information content (AvgIpc) is 2.45. The van der Waals surface area contributed by atoms with Crippen LogP contribution in [0.4, 0.5) is 0 Å². The number of methoxy groups -OCH3 is 1. The maximum atomic E-state index is 5.68. The van der Waals surface area contributed by atoms with E-state index in [2.05, 4.69) is 88.0 Å². The van der Waals surface area contributed by atoms with E-state index in [1.807, 2.05) is 7.05 Å². The summed E-state index contributed by atoms with van der Waals surface area (Å²) in [7, 11) is 3.72. The first-order chi connectivity index (χ1) is 9.99. The fourth-order valence-corrected chi connectivity index (χ4v) is 3.78. The van der Waals surface area contributed by atoms with Crippen molar-refractivity contribution in [2.45, 2.75) is 19.9 Å². The molecule has 1 N–H and O–H groups in total. The molecule has 0 bridgehead atoms. The first-order valence-electron chi connectivity index (χ1n) is 6.76. The number of nitrogens with one attached hydrogen (secondary N) is 1. The highest BCUT2D eigenvalue weighted by atomic mass is 127. The monoisotopic (exact) mass is 459 g/mol. The maximum Gasteiger partial charge on any atom is 0.127 e. The van der Waals surface area contributed by atoms with Gasteiger partial charge in [0.15, 0.2) is 0 Å². The summed E-state index contributed by atoms with van der Waals surface area (Å²) in [6, 6.07) is 10.8. The minimum atomic E-state index is 0.103. The van der Waals surface area contributed by atoms with E-state index in [-0.39, 0.29) is 6.04 Å². The van der Waals surface area contributed by atoms with Gasteiger partial charge in [-0.15, -0.1) is 0 Å². The second-order valence-electron chi connectivity index (χ2n) is 5.02. The molecule has 21 heavy (non-hydrogen) atoms. The summed E-state index contributed by atoms with van der Waals surface area (Å²) in [5.74, 6) is 0.953. The van der Waals surface area contributed by atoms with Crippen molar-refractivity contribution in [3.05, 3.63) is 60.6 Å². The summed E-state index contributed by atoms with van der Waals surface area (Å²) in [6.07, 6.45) is 0. The summed E-state index contributed by atoms with van der Waals surface area (Å²) >= 11 is 6.01. The summed E-state index contributed by atoms with van der Waals surface area (Å²) < 4.78 is 8.03. The topological polar surface area (TPSA) is 21.3 Å². The van der Waals surface area contributed by atoms with E-state index in [1.54, 1.807) is 7.11 Å². The fourth-order valence-electron chi connectivity index (χ4n) is 2.66. The first kappa shape index (κ1) is 16.8. The van der Waals surface area contributed by atoms with E-state index >= 15 is 0 Å². The van der Waals surface area contributed by atoms with E-state index in [9.17, 15) is 0 Å². The van der Waals surface area contributed by atoms with Gasteiger partial charge in [-0.2, -0.15) is 0 Å². The van der Waals surface area contributed by atoms with E-state index in [0.717, 1.165) is 15.8 Å². The van der Waals surface area contributed by atoms with Gasteiger partial charge < -0.3 is 10.1 Å². The average molecular weight is 460 g/mol. The van der Waals surface area contributed by atoms with Crippen molar-refractivity contribution in [2.75, 3.05) is 14.2 Å². The molecule has 0 heterocycles. The largest absolute Gasteiger partial charge is 0.496 e. The molecule has 0 radical (unpaired) electrons. The molecular formula is C17H19BrINO. The Morgan fingerprint density at radius 2 is 1.95 bits per heavy atom. The minimum absolute atomic E-state index is 0.103. The third-order valence-corrected chi connectivity index (χ3v) is 5.17. The quantitative estimate of drug-likeness (QED) is 0.650. The zero-order valence-electron chi connectivity index (χ0n) is 12.6. The van der Waals surface area contributed by atoms with Crippen molar-refractivity contribution in [1.82, 2.24) is 5.32 Å². The number of halogens is 2. The fraction of sp³-hybridized carbons (Fsp3) is 0.294. The number of ether oxygens (including phenoxy) is 1. The molecule has 0 aliphatic heterocycles. The highest BCUT2D eigenvalue weighted by molar-refractivity contribution is 14.1. The van der Waals surface area contributed by atoms with Gasteiger partial charge in [-0.1, -0.05) is 28.1 Å². The highest BCUT2D eigenvalue weighted by Crippen LogP contribution is 2.38. The number of hydrogen-bond acceptors (Lipinski definition) is 2. The molecule has 0 saturated carbocycles. The third-order valence-electron chi connectivity index (χ3n) is 3.67. The van der Waals surface area contributed by atoms with Crippen LogP contribution in [0.15, 0.2) is 34.8 Å². The predicted molar refractivity (Wildman–Crippen MR) is 100 cm³/mol. The molecule has 1 atom stereocenters. The molecule has 0 aliphatic rings. The Kier molecular flexibility index (Phi) is 5.68. The molecule has 0 aromatic heterocycles. The van der Waals surface area contributed by atoms with Gasteiger partial charge in [0.25, 0.3) is 0 Å². The van der Waals surface area contributed by atoms with Crippen LogP contribution in [0.2, 0.25) is 0 Å². The first-order valence-corrected chi connectivity index (χ1v) is 8.63. The van der Waals surface area contributed by atoms with Crippen molar-refractivity contribution < 1.29 is 4.74 Å². The van der Waals surface area contributed by atoms with Gasteiger partial charge in [0.2, 0.25) is 0 Å². The molecule has 2 rings (SSSR count). The van der Waals surface area contributed by atoms with Crippen LogP contribution in [0.5, 0.6) is 5.75 Å². The Bertz CT molecular complexity index is 657. The van der Waals surface area contributed by atoms with Crippen molar-refractivity contribution in [1.29, 1.82) is 0 Å². The second-order valence-corrected chi connectivity index (χ2v) is 7.12. The van der Waals surface area contributed by atoms with E-state index in [1.165, 1.54) is 20.3 Å². The Morgan fingerprint density at radius 3 is 2.52 bits per heavy atom. The van der Waals surface area contributed by atoms with Gasteiger partial charge in [0.05, 0.1) is 13.2 Å². The van der Waals surface area contributed by atoms with Crippen LogP contribution in [-0.4, -0.2) is 14.2 Å². The molecule has 0 spiro atoms. The van der Waals surface area contributed by atoms with Crippen LogP contribution in [0.3, 0.4) is 0 Å². The molecule has 0 amide bonds. The van der Waals surface area contributed by atoms with Gasteiger partial charge in [-0.05, 0) is 78.4 Å². The number of benzene rings is 2. The van der Waals surface area contributed by atoms with Crippen LogP contribution in [-0.2, 0) is 0 Å². The van der Waals surface area contributed by atoms with Crippen molar-refractivity contribution in [3.8, 4) is 5.75 Å². The lowest BCUT2D eigenvalue weighted by Gasteiger charge is -2.24. The maximum absolute atomic E-state index is 5.68. The molecule has 2 aromatic rings. The van der Waals surface area contributed by atoms with Crippen molar-refractivity contribution in [2.24, 2.45) is 0 Å². The van der Waals surface area contributed by atoms with Gasteiger partial charge in [-0.25, -0.2) is 0 Å². The summed E-state index contributed by atoms with van der Waals surface area (Å²) in [4.78, 5) is 0. The van der Waals surface area contributed by atoms with Crippen LogP contribution in [0, 0.1) is 17.4 Å². The lowest BCUT2D eigenvalue weighted by atomic mass is 9.92. The Morgan fingerprint density at radius 1 is 1.24 bits per heavy atom. The van der Waals surface area contributed by atoms with E-state index in [0.29, 0.717) is 0 Å². The molecule has 0 saturated heterocycles. The molecule has 2 aromatic carbocycles.